The van der Waals surface area contributed by atoms with Crippen molar-refractivity contribution in [2.45, 2.75) is 32.2 Å². The lowest BCUT2D eigenvalue weighted by Crippen LogP contribution is -2.09. The normalized spacial score (nSPS) is 20.4. The molecule has 0 radical (unpaired) electrons. The van der Waals surface area contributed by atoms with Gasteiger partial charge in [0.15, 0.2) is 0 Å². The van der Waals surface area contributed by atoms with Crippen molar-refractivity contribution in [2.24, 2.45) is 0 Å². The van der Waals surface area contributed by atoms with Crippen LogP contribution in [0.2, 0.25) is 5.02 Å². The third-order valence-electron chi connectivity index (χ3n) is 4.17. The maximum atomic E-state index is 13.9. The molecule has 2 aromatic carbocycles. The molecule has 0 spiro atoms. The third-order valence-corrected chi connectivity index (χ3v) is 4.41. The van der Waals surface area contributed by atoms with Gasteiger partial charge in [0.05, 0.1) is 11.7 Å². The van der Waals surface area contributed by atoms with Crippen molar-refractivity contribution in [3.63, 3.8) is 0 Å². The molecule has 4 heteroatoms. The Bertz CT molecular complexity index is 701. The van der Waals surface area contributed by atoms with Gasteiger partial charge in [0.1, 0.15) is 11.6 Å². The Morgan fingerprint density at radius 3 is 2.76 bits per heavy atom. The summed E-state index contributed by atoms with van der Waals surface area (Å²) >= 11 is 5.93. The van der Waals surface area contributed by atoms with Gasteiger partial charge < -0.3 is 10.4 Å². The minimum atomic E-state index is -0.340. The van der Waals surface area contributed by atoms with Crippen molar-refractivity contribution >= 4 is 17.3 Å². The van der Waals surface area contributed by atoms with Gasteiger partial charge in [-0.05, 0) is 54.7 Å². The zero-order valence-electron chi connectivity index (χ0n) is 12.0. The second-order valence-electron chi connectivity index (χ2n) is 5.69. The Kier molecular flexibility index (Phi) is 3.54. The highest BCUT2D eigenvalue weighted by atomic mass is 35.5. The van der Waals surface area contributed by atoms with Gasteiger partial charge >= 0.3 is 0 Å². The molecule has 3 rings (SSSR count). The van der Waals surface area contributed by atoms with E-state index in [4.69, 9.17) is 11.6 Å². The minimum Gasteiger partial charge on any atom is -0.508 e. The van der Waals surface area contributed by atoms with Gasteiger partial charge in [0, 0.05) is 10.6 Å². The number of rotatable bonds is 2. The standard InChI is InChI=1S/C17H17ClFNO/c1-9-3-6-15(21)17-14(7-10(2)16(9)17)20-13-8-11(18)4-5-12(13)19/h3-6,8,10,14,20-21H,7H2,1-2H3. The van der Waals surface area contributed by atoms with Crippen LogP contribution >= 0.6 is 11.6 Å². The molecule has 110 valence electrons. The number of halogens is 2. The lowest BCUT2D eigenvalue weighted by Gasteiger charge is -2.17. The van der Waals surface area contributed by atoms with E-state index in [2.05, 4.69) is 12.2 Å². The van der Waals surface area contributed by atoms with Crippen LogP contribution in [0, 0.1) is 12.7 Å². The summed E-state index contributed by atoms with van der Waals surface area (Å²) in [6.45, 7) is 4.17. The van der Waals surface area contributed by atoms with Gasteiger partial charge in [-0.2, -0.15) is 0 Å². The molecule has 0 saturated heterocycles. The molecule has 2 unspecified atom stereocenters. The molecule has 2 N–H and O–H groups in total. The van der Waals surface area contributed by atoms with Crippen LogP contribution in [0.5, 0.6) is 5.75 Å². The van der Waals surface area contributed by atoms with E-state index in [1.54, 1.807) is 12.1 Å². The maximum absolute atomic E-state index is 13.9. The summed E-state index contributed by atoms with van der Waals surface area (Å²) in [5.74, 6) is 0.249. The number of benzene rings is 2. The molecule has 2 atom stereocenters. The molecule has 0 fully saturated rings. The molecule has 0 heterocycles. The fraction of sp³-hybridized carbons (Fsp3) is 0.294. The zero-order chi connectivity index (χ0) is 15.1. The number of phenolic OH excluding ortho intramolecular Hbond substituents is 1. The first kappa shape index (κ1) is 14.2. The van der Waals surface area contributed by atoms with E-state index < -0.39 is 0 Å². The fourth-order valence-corrected chi connectivity index (χ4v) is 3.44. The first-order valence-electron chi connectivity index (χ1n) is 7.01. The first-order chi connectivity index (χ1) is 9.97. The van der Waals surface area contributed by atoms with Crippen molar-refractivity contribution < 1.29 is 9.50 Å². The van der Waals surface area contributed by atoms with Crippen molar-refractivity contribution in [1.29, 1.82) is 0 Å². The maximum Gasteiger partial charge on any atom is 0.146 e. The van der Waals surface area contributed by atoms with Crippen molar-refractivity contribution in [1.82, 2.24) is 0 Å². The van der Waals surface area contributed by atoms with Crippen molar-refractivity contribution in [3.8, 4) is 5.75 Å². The Hall–Kier alpha value is -1.74. The van der Waals surface area contributed by atoms with E-state index in [-0.39, 0.29) is 17.6 Å². The monoisotopic (exact) mass is 305 g/mol. The molecular weight excluding hydrogens is 289 g/mol. The quantitative estimate of drug-likeness (QED) is 0.804. The molecule has 0 saturated carbocycles. The van der Waals surface area contributed by atoms with E-state index in [0.717, 1.165) is 23.1 Å². The number of fused-ring (bicyclic) bond motifs is 1. The Morgan fingerprint density at radius 1 is 1.24 bits per heavy atom. The van der Waals surface area contributed by atoms with Crippen LogP contribution in [0.25, 0.3) is 0 Å². The highest BCUT2D eigenvalue weighted by Gasteiger charge is 2.32. The zero-order valence-corrected chi connectivity index (χ0v) is 12.7. The predicted molar refractivity (Wildman–Crippen MR) is 83.6 cm³/mol. The Balaban J connectivity index is 2.00. The van der Waals surface area contributed by atoms with Gasteiger partial charge in [-0.1, -0.05) is 24.6 Å². The topological polar surface area (TPSA) is 32.3 Å². The molecule has 0 aliphatic heterocycles. The van der Waals surface area contributed by atoms with Gasteiger partial charge in [-0.25, -0.2) is 4.39 Å². The summed E-state index contributed by atoms with van der Waals surface area (Å²) in [4.78, 5) is 0. The Labute approximate surface area is 128 Å². The van der Waals surface area contributed by atoms with Gasteiger partial charge in [-0.3, -0.25) is 0 Å². The van der Waals surface area contributed by atoms with Crippen molar-refractivity contribution in [3.05, 3.63) is 57.9 Å². The Morgan fingerprint density at radius 2 is 2.00 bits per heavy atom. The van der Waals surface area contributed by atoms with Gasteiger partial charge in [-0.15, -0.1) is 0 Å². The second kappa shape index (κ2) is 5.23. The summed E-state index contributed by atoms with van der Waals surface area (Å²) in [5.41, 5.74) is 3.57. The number of aromatic hydroxyl groups is 1. The van der Waals surface area contributed by atoms with E-state index in [1.165, 1.54) is 12.1 Å². The molecule has 21 heavy (non-hydrogen) atoms. The number of phenols is 1. The molecule has 2 nitrogen and oxygen atoms in total. The van der Waals surface area contributed by atoms with Gasteiger partial charge in [0.2, 0.25) is 0 Å². The largest absolute Gasteiger partial charge is 0.508 e. The highest BCUT2D eigenvalue weighted by Crippen LogP contribution is 2.47. The van der Waals surface area contributed by atoms with E-state index >= 15 is 0 Å². The molecular formula is C17H17ClFNO. The van der Waals surface area contributed by atoms with E-state index in [0.29, 0.717) is 16.6 Å². The lowest BCUT2D eigenvalue weighted by atomic mass is 9.97. The fourth-order valence-electron chi connectivity index (χ4n) is 3.27. The van der Waals surface area contributed by atoms with Crippen LogP contribution < -0.4 is 5.32 Å². The van der Waals surface area contributed by atoms with Crippen LogP contribution in [-0.4, -0.2) is 5.11 Å². The average Bonchev–Trinajstić information content (AvgIpc) is 2.76. The minimum absolute atomic E-state index is 0.108. The van der Waals surface area contributed by atoms with Crippen molar-refractivity contribution in [2.75, 3.05) is 5.32 Å². The lowest BCUT2D eigenvalue weighted by molar-refractivity contribution is 0.465. The summed E-state index contributed by atoms with van der Waals surface area (Å²) in [6, 6.07) is 7.96. The number of aryl methyl sites for hydroxylation is 1. The van der Waals surface area contributed by atoms with Crippen LogP contribution in [-0.2, 0) is 0 Å². The average molecular weight is 306 g/mol. The molecule has 0 bridgehead atoms. The summed E-state index contributed by atoms with van der Waals surface area (Å²) < 4.78 is 13.9. The second-order valence-corrected chi connectivity index (χ2v) is 6.12. The predicted octanol–water partition coefficient (Wildman–Crippen LogP) is 5.15. The number of hydrogen-bond acceptors (Lipinski definition) is 2. The molecule has 2 aromatic rings. The number of nitrogens with one attached hydrogen (secondary N) is 1. The van der Waals surface area contributed by atoms with E-state index in [9.17, 15) is 9.50 Å². The van der Waals surface area contributed by atoms with E-state index in [1.807, 2.05) is 13.0 Å². The first-order valence-corrected chi connectivity index (χ1v) is 7.39. The molecule has 1 aliphatic carbocycles. The summed E-state index contributed by atoms with van der Waals surface area (Å²) in [7, 11) is 0. The van der Waals surface area contributed by atoms with Gasteiger partial charge in [0.25, 0.3) is 0 Å². The highest BCUT2D eigenvalue weighted by molar-refractivity contribution is 6.30. The van der Waals surface area contributed by atoms with Crippen LogP contribution in [0.1, 0.15) is 42.0 Å². The summed E-state index contributed by atoms with van der Waals surface area (Å²) in [5, 5.41) is 13.9. The van der Waals surface area contributed by atoms with Crippen LogP contribution in [0.15, 0.2) is 30.3 Å². The molecule has 0 amide bonds. The molecule has 1 aliphatic rings. The van der Waals surface area contributed by atoms with Crippen LogP contribution in [0.4, 0.5) is 10.1 Å². The summed E-state index contributed by atoms with van der Waals surface area (Å²) in [6.07, 6.45) is 0.819. The SMILES string of the molecule is Cc1ccc(O)c2c1C(C)CC2Nc1cc(Cl)ccc1F. The number of anilines is 1. The third kappa shape index (κ3) is 2.46. The smallest absolute Gasteiger partial charge is 0.146 e. The van der Waals surface area contributed by atoms with Crippen LogP contribution in [0.3, 0.4) is 0 Å². The molecule has 0 aromatic heterocycles. The number of hydrogen-bond donors (Lipinski definition) is 2.